The third kappa shape index (κ3) is 7.00. The van der Waals surface area contributed by atoms with Crippen molar-refractivity contribution in [3.05, 3.63) is 0 Å². The zero-order valence-electron chi connectivity index (χ0n) is 14.5. The highest BCUT2D eigenvalue weighted by atomic mass is 16.5. The number of unbranched alkanes of at least 4 members (excludes halogenated alkanes) is 1. The van der Waals surface area contributed by atoms with Crippen molar-refractivity contribution in [2.75, 3.05) is 33.8 Å². The third-order valence-electron chi connectivity index (χ3n) is 3.99. The second-order valence-electron chi connectivity index (χ2n) is 6.26. The molecular formula is C16H32N4O2. The lowest BCUT2D eigenvalue weighted by Crippen LogP contribution is -2.49. The van der Waals surface area contributed by atoms with E-state index in [2.05, 4.69) is 29.5 Å². The van der Waals surface area contributed by atoms with E-state index in [1.165, 1.54) is 26.4 Å². The summed E-state index contributed by atoms with van der Waals surface area (Å²) in [7, 11) is 3.23. The van der Waals surface area contributed by atoms with Crippen LogP contribution in [-0.2, 0) is 4.74 Å². The summed E-state index contributed by atoms with van der Waals surface area (Å²) in [6, 6.07) is 0.364. The Kier molecular flexibility index (Phi) is 8.70. The van der Waals surface area contributed by atoms with Crippen LogP contribution in [0.15, 0.2) is 4.99 Å². The highest BCUT2D eigenvalue weighted by molar-refractivity contribution is 5.80. The molecule has 0 bridgehead atoms. The largest absolute Gasteiger partial charge is 0.453 e. The van der Waals surface area contributed by atoms with Gasteiger partial charge in [0.1, 0.15) is 0 Å². The first kappa shape index (κ1) is 18.6. The summed E-state index contributed by atoms with van der Waals surface area (Å²) in [4.78, 5) is 17.5. The van der Waals surface area contributed by atoms with E-state index in [9.17, 15) is 4.79 Å². The number of methoxy groups -OCH3 is 1. The van der Waals surface area contributed by atoms with Crippen LogP contribution in [0.25, 0.3) is 0 Å². The number of guanidine groups is 1. The van der Waals surface area contributed by atoms with E-state index in [-0.39, 0.29) is 6.09 Å². The average molecular weight is 312 g/mol. The van der Waals surface area contributed by atoms with Crippen molar-refractivity contribution in [1.29, 1.82) is 0 Å². The topological polar surface area (TPSA) is 66.0 Å². The molecule has 0 spiro atoms. The van der Waals surface area contributed by atoms with Gasteiger partial charge in [-0.2, -0.15) is 0 Å². The molecule has 1 fully saturated rings. The molecule has 128 valence electrons. The molecule has 22 heavy (non-hydrogen) atoms. The summed E-state index contributed by atoms with van der Waals surface area (Å²) in [5.41, 5.74) is 0. The minimum Gasteiger partial charge on any atom is -0.453 e. The molecule has 0 aromatic carbocycles. The van der Waals surface area contributed by atoms with Crippen LogP contribution in [-0.4, -0.2) is 56.8 Å². The summed E-state index contributed by atoms with van der Waals surface area (Å²) in [5, 5.41) is 6.81. The smallest absolute Gasteiger partial charge is 0.409 e. The van der Waals surface area contributed by atoms with Crippen molar-refractivity contribution in [2.45, 2.75) is 52.0 Å². The molecule has 6 nitrogen and oxygen atoms in total. The molecule has 2 N–H and O–H groups in total. The number of hydrogen-bond donors (Lipinski definition) is 2. The molecule has 1 aliphatic heterocycles. The van der Waals surface area contributed by atoms with E-state index < -0.39 is 0 Å². The predicted molar refractivity (Wildman–Crippen MR) is 90.2 cm³/mol. The normalized spacial score (nSPS) is 16.8. The first-order valence-electron chi connectivity index (χ1n) is 8.37. The number of likely N-dealkylation sites (tertiary alicyclic amines) is 1. The van der Waals surface area contributed by atoms with Crippen LogP contribution in [0.2, 0.25) is 0 Å². The van der Waals surface area contributed by atoms with Gasteiger partial charge in [-0.05, 0) is 25.2 Å². The molecule has 1 aliphatic rings. The molecule has 6 heteroatoms. The van der Waals surface area contributed by atoms with E-state index in [4.69, 9.17) is 4.74 Å². The average Bonchev–Trinajstić information content (AvgIpc) is 2.53. The zero-order valence-corrected chi connectivity index (χ0v) is 14.5. The van der Waals surface area contributed by atoms with Gasteiger partial charge in [-0.1, -0.05) is 26.7 Å². The first-order chi connectivity index (χ1) is 10.6. The van der Waals surface area contributed by atoms with Gasteiger partial charge in [0.25, 0.3) is 0 Å². The maximum Gasteiger partial charge on any atom is 0.409 e. The minimum atomic E-state index is -0.230. The predicted octanol–water partition coefficient (Wildman–Crippen LogP) is 2.21. The molecule has 0 unspecified atom stereocenters. The lowest BCUT2D eigenvalue weighted by molar-refractivity contribution is 0.111. The van der Waals surface area contributed by atoms with Gasteiger partial charge in [0.05, 0.1) is 7.11 Å². The maximum atomic E-state index is 11.4. The number of rotatable bonds is 6. The van der Waals surface area contributed by atoms with Crippen LogP contribution in [0.4, 0.5) is 4.79 Å². The van der Waals surface area contributed by atoms with E-state index in [1.807, 2.05) is 0 Å². The number of ether oxygens (including phenoxy) is 1. The Balaban J connectivity index is 2.20. The van der Waals surface area contributed by atoms with Gasteiger partial charge in [0.2, 0.25) is 0 Å². The van der Waals surface area contributed by atoms with Crippen molar-refractivity contribution >= 4 is 12.1 Å². The van der Waals surface area contributed by atoms with Crippen molar-refractivity contribution in [3.8, 4) is 0 Å². The molecule has 1 heterocycles. The van der Waals surface area contributed by atoms with Crippen LogP contribution in [0, 0.1) is 5.92 Å². The minimum absolute atomic E-state index is 0.230. The molecule has 0 saturated carbocycles. The van der Waals surface area contributed by atoms with E-state index in [0.717, 1.165) is 44.4 Å². The summed E-state index contributed by atoms with van der Waals surface area (Å²) >= 11 is 0. The Morgan fingerprint density at radius 2 is 2.00 bits per heavy atom. The van der Waals surface area contributed by atoms with Gasteiger partial charge in [0, 0.05) is 32.7 Å². The maximum absolute atomic E-state index is 11.4. The standard InChI is InChI=1S/C16H32N4O2/c1-13(2)7-5-6-10-18-15(17-3)19-14-8-11-20(12-9-14)16(21)22-4/h13-14H,5-12H2,1-4H3,(H2,17,18,19). The van der Waals surface area contributed by atoms with Gasteiger partial charge >= 0.3 is 6.09 Å². The van der Waals surface area contributed by atoms with E-state index in [0.29, 0.717) is 6.04 Å². The number of nitrogens with one attached hydrogen (secondary N) is 2. The first-order valence-corrected chi connectivity index (χ1v) is 8.37. The molecule has 0 atom stereocenters. The highest BCUT2D eigenvalue weighted by Crippen LogP contribution is 2.11. The fourth-order valence-corrected chi connectivity index (χ4v) is 2.61. The molecule has 0 aromatic rings. The van der Waals surface area contributed by atoms with Gasteiger partial charge < -0.3 is 20.3 Å². The lowest BCUT2D eigenvalue weighted by atomic mass is 10.1. The van der Waals surface area contributed by atoms with Crippen molar-refractivity contribution < 1.29 is 9.53 Å². The van der Waals surface area contributed by atoms with Gasteiger partial charge in [-0.25, -0.2) is 4.79 Å². The number of hydrogen-bond acceptors (Lipinski definition) is 3. The van der Waals surface area contributed by atoms with Crippen molar-refractivity contribution in [1.82, 2.24) is 15.5 Å². The third-order valence-corrected chi connectivity index (χ3v) is 3.99. The Labute approximate surface area is 134 Å². The summed E-state index contributed by atoms with van der Waals surface area (Å²) in [5.74, 6) is 1.64. The highest BCUT2D eigenvalue weighted by Gasteiger charge is 2.23. The van der Waals surface area contributed by atoms with E-state index >= 15 is 0 Å². The Morgan fingerprint density at radius 1 is 1.32 bits per heavy atom. The number of carbonyl (C=O) groups excluding carboxylic acids is 1. The van der Waals surface area contributed by atoms with Crippen LogP contribution < -0.4 is 10.6 Å². The number of piperidine rings is 1. The van der Waals surface area contributed by atoms with Crippen molar-refractivity contribution in [3.63, 3.8) is 0 Å². The molecule has 1 amide bonds. The molecule has 0 aromatic heterocycles. The summed E-state index contributed by atoms with van der Waals surface area (Å²) < 4.78 is 4.75. The second kappa shape index (κ2) is 10.3. The molecule has 1 saturated heterocycles. The van der Waals surface area contributed by atoms with Crippen molar-refractivity contribution in [2.24, 2.45) is 10.9 Å². The molecular weight excluding hydrogens is 280 g/mol. The number of aliphatic imine (C=N–C) groups is 1. The van der Waals surface area contributed by atoms with Gasteiger partial charge in [-0.15, -0.1) is 0 Å². The zero-order chi connectivity index (χ0) is 16.4. The molecule has 1 rings (SSSR count). The fraction of sp³-hybridized carbons (Fsp3) is 0.875. The Morgan fingerprint density at radius 3 is 2.55 bits per heavy atom. The molecule has 0 aliphatic carbocycles. The second-order valence-corrected chi connectivity index (χ2v) is 6.26. The number of nitrogens with zero attached hydrogens (tertiary/aromatic N) is 2. The van der Waals surface area contributed by atoms with Crippen LogP contribution in [0.5, 0.6) is 0 Å². The summed E-state index contributed by atoms with van der Waals surface area (Å²) in [6.45, 7) is 6.93. The lowest BCUT2D eigenvalue weighted by Gasteiger charge is -2.32. The Hall–Kier alpha value is -1.46. The fourth-order valence-electron chi connectivity index (χ4n) is 2.61. The van der Waals surface area contributed by atoms with E-state index in [1.54, 1.807) is 11.9 Å². The molecule has 0 radical (unpaired) electrons. The number of amides is 1. The SMILES string of the molecule is CN=C(NCCCCC(C)C)NC1CCN(C(=O)OC)CC1. The monoisotopic (exact) mass is 312 g/mol. The number of carbonyl (C=O) groups is 1. The van der Waals surface area contributed by atoms with Gasteiger partial charge in [-0.3, -0.25) is 4.99 Å². The quantitative estimate of drug-likeness (QED) is 0.448. The van der Waals surface area contributed by atoms with Crippen LogP contribution in [0.3, 0.4) is 0 Å². The van der Waals surface area contributed by atoms with Crippen LogP contribution >= 0.6 is 0 Å². The van der Waals surface area contributed by atoms with Crippen LogP contribution in [0.1, 0.15) is 46.0 Å². The van der Waals surface area contributed by atoms with Gasteiger partial charge in [0.15, 0.2) is 5.96 Å². The Bertz CT molecular complexity index is 350. The summed E-state index contributed by atoms with van der Waals surface area (Å²) in [6.07, 6.45) is 5.30.